The van der Waals surface area contributed by atoms with Gasteiger partial charge in [-0.15, -0.1) is 0 Å². The Morgan fingerprint density at radius 3 is 1.36 bits per heavy atom. The van der Waals surface area contributed by atoms with Crippen LogP contribution in [0.15, 0.2) is 60.7 Å². The van der Waals surface area contributed by atoms with Crippen LogP contribution in [0.3, 0.4) is 0 Å². The van der Waals surface area contributed by atoms with E-state index in [0.29, 0.717) is 18.0 Å². The second-order valence-electron chi connectivity index (χ2n) is 12.9. The molecule has 6 heteroatoms. The third kappa shape index (κ3) is 15.5. The summed E-state index contributed by atoms with van der Waals surface area (Å²) < 4.78 is 0. The van der Waals surface area contributed by atoms with E-state index >= 15 is 0 Å². The predicted molar refractivity (Wildman–Crippen MR) is 183 cm³/mol. The van der Waals surface area contributed by atoms with Crippen LogP contribution in [0.25, 0.3) is 0 Å². The summed E-state index contributed by atoms with van der Waals surface area (Å²) in [6, 6.07) is 18.2. The van der Waals surface area contributed by atoms with Crippen LogP contribution in [0.4, 0.5) is 0 Å². The van der Waals surface area contributed by atoms with Crippen molar-refractivity contribution < 1.29 is 14.4 Å². The highest BCUT2D eigenvalue weighted by molar-refractivity contribution is 5.97. The Kier molecular flexibility index (Phi) is 18.8. The van der Waals surface area contributed by atoms with Crippen LogP contribution in [-0.2, 0) is 4.79 Å². The first kappa shape index (κ1) is 37.0. The molecule has 0 aliphatic heterocycles. The summed E-state index contributed by atoms with van der Waals surface area (Å²) in [5.74, 6) is 0.183. The van der Waals surface area contributed by atoms with Gasteiger partial charge in [0, 0.05) is 23.7 Å². The van der Waals surface area contributed by atoms with Crippen molar-refractivity contribution in [1.82, 2.24) is 16.0 Å². The highest BCUT2D eigenvalue weighted by Crippen LogP contribution is 2.16. The largest absolute Gasteiger partial charge is 0.354 e. The van der Waals surface area contributed by atoms with Crippen molar-refractivity contribution >= 4 is 17.7 Å². The van der Waals surface area contributed by atoms with E-state index in [0.717, 1.165) is 24.8 Å². The molecule has 0 saturated heterocycles. The average molecular weight is 606 g/mol. The van der Waals surface area contributed by atoms with Crippen molar-refractivity contribution in [2.75, 3.05) is 6.54 Å². The zero-order valence-electron chi connectivity index (χ0n) is 27.9. The zero-order valence-corrected chi connectivity index (χ0v) is 27.9. The Morgan fingerprint density at radius 1 is 0.523 bits per heavy atom. The maximum Gasteiger partial charge on any atom is 0.251 e. The lowest BCUT2D eigenvalue weighted by Gasteiger charge is -2.22. The number of carbonyl (C=O) groups is 3. The maximum absolute atomic E-state index is 12.7. The molecule has 0 radical (unpaired) electrons. The van der Waals surface area contributed by atoms with E-state index in [9.17, 15) is 14.4 Å². The highest BCUT2D eigenvalue weighted by atomic mass is 16.2. The van der Waals surface area contributed by atoms with Crippen molar-refractivity contribution in [3.8, 4) is 0 Å². The van der Waals surface area contributed by atoms with Crippen LogP contribution in [0, 0.1) is 11.8 Å². The molecule has 3 N–H and O–H groups in total. The third-order valence-electron chi connectivity index (χ3n) is 8.42. The monoisotopic (exact) mass is 605 g/mol. The quantitative estimate of drug-likeness (QED) is 0.111. The molecule has 2 atom stereocenters. The molecule has 44 heavy (non-hydrogen) atoms. The number of benzene rings is 2. The SMILES string of the molecule is CC(C)[C@H](CCCCCCCCCCCCCCCNC(=O)[C@@H](NC(=O)c1ccccc1)C(C)C)NC(=O)c1ccccc1. The molecule has 0 fully saturated rings. The molecule has 3 amide bonds. The van der Waals surface area contributed by atoms with E-state index in [1.165, 1.54) is 70.6 Å². The first-order valence-electron chi connectivity index (χ1n) is 17.3. The Balaban J connectivity index is 1.41. The molecule has 244 valence electrons. The molecule has 0 saturated carbocycles. The average Bonchev–Trinajstić information content (AvgIpc) is 3.03. The Morgan fingerprint density at radius 2 is 0.932 bits per heavy atom. The zero-order chi connectivity index (χ0) is 32.0. The van der Waals surface area contributed by atoms with Gasteiger partial charge in [0.15, 0.2) is 0 Å². The first-order valence-corrected chi connectivity index (χ1v) is 17.3. The van der Waals surface area contributed by atoms with Crippen molar-refractivity contribution in [2.24, 2.45) is 11.8 Å². The lowest BCUT2D eigenvalue weighted by atomic mass is 9.96. The van der Waals surface area contributed by atoms with Crippen molar-refractivity contribution in [3.63, 3.8) is 0 Å². The van der Waals surface area contributed by atoms with Gasteiger partial charge in [0.2, 0.25) is 5.91 Å². The second kappa shape index (κ2) is 22.4. The van der Waals surface area contributed by atoms with Crippen LogP contribution in [0.1, 0.15) is 138 Å². The number of rotatable bonds is 23. The van der Waals surface area contributed by atoms with Gasteiger partial charge in [0.1, 0.15) is 6.04 Å². The van der Waals surface area contributed by atoms with E-state index in [1.54, 1.807) is 12.1 Å². The maximum atomic E-state index is 12.7. The molecule has 0 heterocycles. The summed E-state index contributed by atoms with van der Waals surface area (Å²) in [6.07, 6.45) is 17.2. The van der Waals surface area contributed by atoms with Crippen LogP contribution < -0.4 is 16.0 Å². The summed E-state index contributed by atoms with van der Waals surface area (Å²) >= 11 is 0. The van der Waals surface area contributed by atoms with Gasteiger partial charge in [0.25, 0.3) is 11.8 Å². The highest BCUT2D eigenvalue weighted by Gasteiger charge is 2.24. The van der Waals surface area contributed by atoms with Crippen molar-refractivity contribution in [1.29, 1.82) is 0 Å². The topological polar surface area (TPSA) is 87.3 Å². The summed E-state index contributed by atoms with van der Waals surface area (Å²) in [7, 11) is 0. The summed E-state index contributed by atoms with van der Waals surface area (Å²) in [5, 5.41) is 9.14. The standard InChI is InChI=1S/C38H59N3O3/c1-30(2)34(40-36(42)32-24-18-16-19-25-32)28-22-14-12-10-8-6-5-7-9-11-13-15-23-29-39-38(44)35(31(3)4)41-37(43)33-26-20-17-21-27-33/h16-21,24-27,30-31,34-35H,5-15,22-23,28-29H2,1-4H3,(H,39,44)(H,40,42)(H,41,43)/t34-,35-/m0/s1. The Hall–Kier alpha value is -3.15. The number of hydrogen-bond donors (Lipinski definition) is 3. The summed E-state index contributed by atoms with van der Waals surface area (Å²) in [6.45, 7) is 8.95. The van der Waals surface area contributed by atoms with E-state index in [1.807, 2.05) is 62.4 Å². The number of nitrogens with one attached hydrogen (secondary N) is 3. The minimum absolute atomic E-state index is 0.0195. The van der Waals surface area contributed by atoms with Gasteiger partial charge in [-0.1, -0.05) is 141 Å². The van der Waals surface area contributed by atoms with Gasteiger partial charge < -0.3 is 16.0 Å². The van der Waals surface area contributed by atoms with Crippen LogP contribution in [0.5, 0.6) is 0 Å². The van der Waals surface area contributed by atoms with Crippen molar-refractivity contribution in [3.05, 3.63) is 71.8 Å². The molecule has 0 aromatic heterocycles. The molecule has 0 aliphatic rings. The molecular weight excluding hydrogens is 546 g/mol. The van der Waals surface area contributed by atoms with Gasteiger partial charge in [-0.2, -0.15) is 0 Å². The molecule has 0 aliphatic carbocycles. The molecule has 2 aromatic rings. The predicted octanol–water partition coefficient (Wildman–Crippen LogP) is 8.47. The molecular formula is C38H59N3O3. The molecule has 2 rings (SSSR count). The second-order valence-corrected chi connectivity index (χ2v) is 12.9. The fraction of sp³-hybridized carbons (Fsp3) is 0.605. The van der Waals surface area contributed by atoms with E-state index in [2.05, 4.69) is 29.8 Å². The van der Waals surface area contributed by atoms with E-state index in [4.69, 9.17) is 0 Å². The van der Waals surface area contributed by atoms with Gasteiger partial charge in [-0.3, -0.25) is 14.4 Å². The van der Waals surface area contributed by atoms with Crippen LogP contribution in [-0.4, -0.2) is 36.3 Å². The normalized spacial score (nSPS) is 12.6. The van der Waals surface area contributed by atoms with Crippen molar-refractivity contribution in [2.45, 2.75) is 130 Å². The number of carbonyl (C=O) groups excluding carboxylic acids is 3. The fourth-order valence-electron chi connectivity index (χ4n) is 5.52. The minimum Gasteiger partial charge on any atom is -0.354 e. The molecule has 6 nitrogen and oxygen atoms in total. The van der Waals surface area contributed by atoms with Gasteiger partial charge in [-0.05, 0) is 48.9 Å². The summed E-state index contributed by atoms with van der Waals surface area (Å²) in [5.41, 5.74) is 1.31. The summed E-state index contributed by atoms with van der Waals surface area (Å²) in [4.78, 5) is 37.7. The number of unbranched alkanes of at least 4 members (excludes halogenated alkanes) is 12. The molecule has 2 aromatic carbocycles. The smallest absolute Gasteiger partial charge is 0.251 e. The number of hydrogen-bond acceptors (Lipinski definition) is 3. The van der Waals surface area contributed by atoms with Gasteiger partial charge in [-0.25, -0.2) is 0 Å². The van der Waals surface area contributed by atoms with Crippen LogP contribution in [0.2, 0.25) is 0 Å². The lowest BCUT2D eigenvalue weighted by Crippen LogP contribution is -2.49. The van der Waals surface area contributed by atoms with Gasteiger partial charge in [0.05, 0.1) is 0 Å². The number of amides is 3. The van der Waals surface area contributed by atoms with Crippen LogP contribution >= 0.6 is 0 Å². The van der Waals surface area contributed by atoms with Gasteiger partial charge >= 0.3 is 0 Å². The molecule has 0 bridgehead atoms. The Bertz CT molecular complexity index is 1060. The third-order valence-corrected chi connectivity index (χ3v) is 8.42. The first-order chi connectivity index (χ1) is 21.3. The van der Waals surface area contributed by atoms with E-state index < -0.39 is 6.04 Å². The Labute approximate surface area is 267 Å². The molecule has 0 unspecified atom stereocenters. The molecule has 0 spiro atoms. The minimum atomic E-state index is -0.528. The van der Waals surface area contributed by atoms with E-state index in [-0.39, 0.29) is 29.7 Å². The lowest BCUT2D eigenvalue weighted by molar-refractivity contribution is -0.123. The fourth-order valence-corrected chi connectivity index (χ4v) is 5.52.